The number of rotatable bonds is 3. The van der Waals surface area contributed by atoms with Crippen molar-refractivity contribution in [3.63, 3.8) is 0 Å². The molecule has 1 heterocycles. The van der Waals surface area contributed by atoms with Gasteiger partial charge in [-0.3, -0.25) is 0 Å². The van der Waals surface area contributed by atoms with Crippen LogP contribution < -0.4 is 4.59 Å². The van der Waals surface area contributed by atoms with E-state index in [-0.39, 0.29) is 10.3 Å². The molecule has 1 atom stereocenters. The maximum Gasteiger partial charge on any atom is 0.285 e. The van der Waals surface area contributed by atoms with E-state index in [0.717, 1.165) is 0 Å². The van der Waals surface area contributed by atoms with Crippen molar-refractivity contribution < 1.29 is 13.2 Å². The molecule has 118 valence electrons. The summed E-state index contributed by atoms with van der Waals surface area (Å²) in [4.78, 5) is 0. The maximum atomic E-state index is 13.7. The number of quaternary nitrogens is 1. The zero-order valence-corrected chi connectivity index (χ0v) is 12.9. The second kappa shape index (κ2) is 5.83. The molecule has 0 N–H and O–H groups in total. The Balaban J connectivity index is 2.17. The molecule has 1 aliphatic heterocycles. The first kappa shape index (κ1) is 15.8. The van der Waals surface area contributed by atoms with Crippen molar-refractivity contribution >= 4 is 23.0 Å². The predicted octanol–water partition coefficient (Wildman–Crippen LogP) is 5.23. The minimum Gasteiger partial charge on any atom is -0.207 e. The van der Waals surface area contributed by atoms with Crippen molar-refractivity contribution in [3.05, 3.63) is 65.6 Å². The summed E-state index contributed by atoms with van der Waals surface area (Å²) in [6.07, 6.45) is 0.180. The van der Waals surface area contributed by atoms with Gasteiger partial charge < -0.3 is 0 Å². The van der Waals surface area contributed by atoms with Gasteiger partial charge in [0.25, 0.3) is 6.43 Å². The van der Waals surface area contributed by atoms with Gasteiger partial charge in [0.2, 0.25) is 0 Å². The first-order valence-electron chi connectivity index (χ1n) is 6.89. The SMILES string of the molecule is C[N+]1(c2ccc(F)cc2-c2cccc(Cl)c2)C=CC(C(F)F)=N1. The summed E-state index contributed by atoms with van der Waals surface area (Å²) in [5.74, 6) is -0.420. The third-order valence-electron chi connectivity index (χ3n) is 3.66. The first-order chi connectivity index (χ1) is 10.9. The van der Waals surface area contributed by atoms with Crippen LogP contribution in [0.25, 0.3) is 11.1 Å². The minimum atomic E-state index is -2.65. The highest BCUT2D eigenvalue weighted by atomic mass is 35.5. The molecule has 0 fully saturated rings. The molecule has 0 spiro atoms. The Morgan fingerprint density at radius 2 is 1.91 bits per heavy atom. The van der Waals surface area contributed by atoms with E-state index >= 15 is 0 Å². The van der Waals surface area contributed by atoms with E-state index in [1.54, 1.807) is 43.6 Å². The van der Waals surface area contributed by atoms with Crippen LogP contribution in [0.1, 0.15) is 0 Å². The molecule has 0 aromatic heterocycles. The van der Waals surface area contributed by atoms with Gasteiger partial charge >= 0.3 is 0 Å². The lowest BCUT2D eigenvalue weighted by Crippen LogP contribution is -2.31. The fraction of sp³-hybridized carbons (Fsp3) is 0.118. The van der Waals surface area contributed by atoms with E-state index < -0.39 is 12.2 Å². The van der Waals surface area contributed by atoms with Gasteiger partial charge in [-0.15, -0.1) is 4.59 Å². The second-order valence-corrected chi connectivity index (χ2v) is 5.78. The van der Waals surface area contributed by atoms with Crippen LogP contribution in [0, 0.1) is 5.82 Å². The Labute approximate surface area is 136 Å². The Morgan fingerprint density at radius 1 is 1.13 bits per heavy atom. The molecule has 1 aliphatic rings. The van der Waals surface area contributed by atoms with Gasteiger partial charge in [0, 0.05) is 22.7 Å². The van der Waals surface area contributed by atoms with E-state index in [1.165, 1.54) is 18.2 Å². The number of hydrogen-bond acceptors (Lipinski definition) is 1. The van der Waals surface area contributed by atoms with Crippen LogP contribution in [0.2, 0.25) is 5.02 Å². The monoisotopic (exact) mass is 337 g/mol. The molecule has 0 radical (unpaired) electrons. The van der Waals surface area contributed by atoms with Crippen LogP contribution in [0.15, 0.2) is 59.8 Å². The average molecular weight is 338 g/mol. The summed E-state index contributed by atoms with van der Waals surface area (Å²) < 4.78 is 39.3. The van der Waals surface area contributed by atoms with Gasteiger partial charge in [-0.1, -0.05) is 28.8 Å². The van der Waals surface area contributed by atoms with Crippen LogP contribution in [-0.2, 0) is 0 Å². The third-order valence-corrected chi connectivity index (χ3v) is 3.90. The average Bonchev–Trinajstić information content (AvgIpc) is 2.91. The standard InChI is InChI=1S/C17H13ClF3N2/c1-23(8-7-15(22-23)17(20)21)16-6-5-13(19)10-14(16)11-3-2-4-12(18)9-11/h2-10,17H,1H3/q+1. The van der Waals surface area contributed by atoms with Crippen molar-refractivity contribution in [2.24, 2.45) is 5.10 Å². The van der Waals surface area contributed by atoms with Crippen molar-refractivity contribution in [3.8, 4) is 11.1 Å². The Morgan fingerprint density at radius 3 is 2.57 bits per heavy atom. The van der Waals surface area contributed by atoms with E-state index in [9.17, 15) is 13.2 Å². The lowest BCUT2D eigenvalue weighted by atomic mass is 10.0. The normalized spacial score (nSPS) is 20.2. The fourth-order valence-electron chi connectivity index (χ4n) is 2.57. The molecule has 3 rings (SSSR count). The van der Waals surface area contributed by atoms with E-state index in [1.807, 2.05) is 0 Å². The quantitative estimate of drug-likeness (QED) is 0.680. The van der Waals surface area contributed by atoms with E-state index in [4.69, 9.17) is 11.6 Å². The molecule has 2 aromatic carbocycles. The molecule has 0 saturated heterocycles. The largest absolute Gasteiger partial charge is 0.285 e. The summed E-state index contributed by atoms with van der Waals surface area (Å²) >= 11 is 6.01. The topological polar surface area (TPSA) is 12.4 Å². The molecule has 0 amide bonds. The van der Waals surface area contributed by atoms with Crippen LogP contribution in [0.5, 0.6) is 0 Å². The highest BCUT2D eigenvalue weighted by molar-refractivity contribution is 6.30. The van der Waals surface area contributed by atoms with E-state index in [2.05, 4.69) is 5.10 Å². The molecule has 23 heavy (non-hydrogen) atoms. The van der Waals surface area contributed by atoms with Crippen LogP contribution in [0.3, 0.4) is 0 Å². The molecule has 2 nitrogen and oxygen atoms in total. The van der Waals surface area contributed by atoms with Crippen LogP contribution >= 0.6 is 11.6 Å². The Hall–Kier alpha value is -2.11. The molecule has 1 unspecified atom stereocenters. The number of nitrogens with zero attached hydrogens (tertiary/aromatic N) is 2. The number of allylic oxidation sites excluding steroid dienone is 1. The zero-order valence-electron chi connectivity index (χ0n) is 12.2. The fourth-order valence-corrected chi connectivity index (χ4v) is 2.76. The zero-order chi connectivity index (χ0) is 16.6. The molecule has 0 saturated carbocycles. The smallest absolute Gasteiger partial charge is 0.207 e. The Kier molecular flexibility index (Phi) is 4.00. The highest BCUT2D eigenvalue weighted by Gasteiger charge is 2.34. The summed E-state index contributed by atoms with van der Waals surface area (Å²) in [5, 5.41) is 4.57. The summed E-state index contributed by atoms with van der Waals surface area (Å²) in [6.45, 7) is 0. The van der Waals surface area contributed by atoms with Gasteiger partial charge in [0.1, 0.15) is 19.1 Å². The molecule has 2 aromatic rings. The van der Waals surface area contributed by atoms with Crippen LogP contribution in [-0.4, -0.2) is 19.2 Å². The predicted molar refractivity (Wildman–Crippen MR) is 87.1 cm³/mol. The number of alkyl halides is 2. The lowest BCUT2D eigenvalue weighted by molar-refractivity contribution is 0.225. The molecular weight excluding hydrogens is 325 g/mol. The summed E-state index contributed by atoms with van der Waals surface area (Å²) in [5.41, 5.74) is 1.54. The molecule has 0 bridgehead atoms. The Bertz CT molecular complexity index is 817. The number of halogens is 4. The highest BCUT2D eigenvalue weighted by Crippen LogP contribution is 2.38. The van der Waals surface area contributed by atoms with Crippen LogP contribution in [0.4, 0.5) is 18.9 Å². The molecular formula is C17H13ClF3N2+. The van der Waals surface area contributed by atoms with Crippen molar-refractivity contribution in [1.82, 2.24) is 4.59 Å². The second-order valence-electron chi connectivity index (χ2n) is 5.34. The van der Waals surface area contributed by atoms with Gasteiger partial charge in [-0.05, 0) is 29.8 Å². The van der Waals surface area contributed by atoms with Crippen molar-refractivity contribution in [2.75, 3.05) is 7.05 Å². The lowest BCUT2D eigenvalue weighted by Gasteiger charge is -2.23. The maximum absolute atomic E-state index is 13.7. The first-order valence-corrected chi connectivity index (χ1v) is 7.27. The third kappa shape index (κ3) is 3.02. The number of benzene rings is 2. The van der Waals surface area contributed by atoms with E-state index in [0.29, 0.717) is 21.8 Å². The molecule has 6 heteroatoms. The van der Waals surface area contributed by atoms with Gasteiger partial charge in [-0.2, -0.15) is 0 Å². The number of hydrogen-bond donors (Lipinski definition) is 0. The molecule has 0 aliphatic carbocycles. The van der Waals surface area contributed by atoms with Gasteiger partial charge in [-0.25, -0.2) is 13.2 Å². The van der Waals surface area contributed by atoms with Crippen molar-refractivity contribution in [2.45, 2.75) is 6.43 Å². The van der Waals surface area contributed by atoms with Crippen molar-refractivity contribution in [1.29, 1.82) is 0 Å². The van der Waals surface area contributed by atoms with Gasteiger partial charge in [0.05, 0.1) is 0 Å². The van der Waals surface area contributed by atoms with Gasteiger partial charge in [0.15, 0.2) is 11.4 Å². The summed E-state index contributed by atoms with van der Waals surface area (Å²) in [6, 6.07) is 11.1. The minimum absolute atomic E-state index is 0.207. The summed E-state index contributed by atoms with van der Waals surface area (Å²) in [7, 11) is 1.66.